The Morgan fingerprint density at radius 3 is 2.63 bits per heavy atom. The summed E-state index contributed by atoms with van der Waals surface area (Å²) in [6.45, 7) is 3.25. The summed E-state index contributed by atoms with van der Waals surface area (Å²) >= 11 is 0. The van der Waals surface area contributed by atoms with Crippen LogP contribution in [0.25, 0.3) is 16.6 Å². The summed E-state index contributed by atoms with van der Waals surface area (Å²) < 4.78 is 13.2. The number of fused-ring (bicyclic) bond motifs is 1. The maximum atomic E-state index is 6.07. The van der Waals surface area contributed by atoms with Crippen LogP contribution in [0.1, 0.15) is 17.4 Å². The summed E-state index contributed by atoms with van der Waals surface area (Å²) in [5.74, 6) is 0.879. The van der Waals surface area contributed by atoms with Crippen molar-refractivity contribution in [3.8, 4) is 16.9 Å². The molecule has 2 aromatic heterocycles. The Morgan fingerprint density at radius 2 is 1.83 bits per heavy atom. The smallest absolute Gasteiger partial charge is 0.121 e. The molecule has 0 saturated carbocycles. The highest BCUT2D eigenvalue weighted by molar-refractivity contribution is 5.66. The maximum Gasteiger partial charge on any atom is 0.121 e. The minimum absolute atomic E-state index is 0.0860. The molecule has 0 spiro atoms. The van der Waals surface area contributed by atoms with Gasteiger partial charge in [-0.15, -0.1) is 5.10 Å². The standard InChI is InChI=1S/C24H24N4O2/c1-29-21-10-7-18(8-11-21)15-27-13-14-30-23(17-27)24-22-12-9-20(16-28(22)26-25-24)19-5-3-2-4-6-19/h2-12,16,23H,13-15,17H2,1H3/t23-/m1/s1. The zero-order valence-electron chi connectivity index (χ0n) is 16.9. The number of benzene rings is 2. The monoisotopic (exact) mass is 400 g/mol. The van der Waals surface area contributed by atoms with Gasteiger partial charge in [0.15, 0.2) is 0 Å². The topological polar surface area (TPSA) is 51.9 Å². The quantitative estimate of drug-likeness (QED) is 0.507. The molecule has 1 saturated heterocycles. The molecule has 1 aliphatic heterocycles. The molecule has 0 aliphatic carbocycles. The van der Waals surface area contributed by atoms with E-state index in [1.807, 2.05) is 41.0 Å². The van der Waals surface area contributed by atoms with E-state index in [4.69, 9.17) is 9.47 Å². The van der Waals surface area contributed by atoms with Gasteiger partial charge in [-0.25, -0.2) is 4.52 Å². The van der Waals surface area contributed by atoms with Crippen molar-refractivity contribution in [2.24, 2.45) is 0 Å². The van der Waals surface area contributed by atoms with Gasteiger partial charge < -0.3 is 9.47 Å². The lowest BCUT2D eigenvalue weighted by Gasteiger charge is -2.32. The molecule has 0 N–H and O–H groups in total. The summed E-state index contributed by atoms with van der Waals surface area (Å²) in [5.41, 5.74) is 5.43. The molecule has 4 aromatic rings. The minimum Gasteiger partial charge on any atom is -0.497 e. The molecule has 0 amide bonds. The first-order valence-electron chi connectivity index (χ1n) is 10.2. The van der Waals surface area contributed by atoms with Gasteiger partial charge in [-0.05, 0) is 29.3 Å². The molecule has 6 nitrogen and oxygen atoms in total. The Bertz CT molecular complexity index is 1130. The van der Waals surface area contributed by atoms with Gasteiger partial charge in [0.25, 0.3) is 0 Å². The summed E-state index contributed by atoms with van der Waals surface area (Å²) in [6.07, 6.45) is 1.94. The molecule has 0 unspecified atom stereocenters. The lowest BCUT2D eigenvalue weighted by atomic mass is 10.1. The van der Waals surface area contributed by atoms with E-state index in [-0.39, 0.29) is 6.10 Å². The molecule has 1 fully saturated rings. The van der Waals surface area contributed by atoms with Crippen molar-refractivity contribution < 1.29 is 9.47 Å². The predicted octanol–water partition coefficient (Wildman–Crippen LogP) is 3.98. The summed E-state index contributed by atoms with van der Waals surface area (Å²) in [5, 5.41) is 8.83. The van der Waals surface area contributed by atoms with Gasteiger partial charge in [-0.1, -0.05) is 53.7 Å². The number of nitrogens with zero attached hydrogens (tertiary/aromatic N) is 4. The molecule has 0 bridgehead atoms. The normalized spacial score (nSPS) is 17.3. The lowest BCUT2D eigenvalue weighted by Crippen LogP contribution is -2.38. The molecule has 152 valence electrons. The number of hydrogen-bond acceptors (Lipinski definition) is 5. The van der Waals surface area contributed by atoms with Gasteiger partial charge in [0, 0.05) is 31.4 Å². The Balaban J connectivity index is 1.34. The number of morpholine rings is 1. The number of rotatable bonds is 5. The fraction of sp³-hybridized carbons (Fsp3) is 0.250. The highest BCUT2D eigenvalue weighted by atomic mass is 16.5. The van der Waals surface area contributed by atoms with Crippen molar-refractivity contribution in [1.29, 1.82) is 0 Å². The van der Waals surface area contributed by atoms with E-state index in [2.05, 4.69) is 51.6 Å². The molecular weight excluding hydrogens is 376 g/mol. The average Bonchev–Trinajstić information content (AvgIpc) is 3.24. The predicted molar refractivity (Wildman–Crippen MR) is 115 cm³/mol. The second-order valence-corrected chi connectivity index (χ2v) is 7.53. The third-order valence-corrected chi connectivity index (χ3v) is 5.57. The molecule has 2 aromatic carbocycles. The molecule has 6 heteroatoms. The number of ether oxygens (including phenoxy) is 2. The van der Waals surface area contributed by atoms with E-state index >= 15 is 0 Å². The van der Waals surface area contributed by atoms with Gasteiger partial charge >= 0.3 is 0 Å². The van der Waals surface area contributed by atoms with Gasteiger partial charge in [0.05, 0.1) is 19.2 Å². The van der Waals surface area contributed by atoms with Gasteiger partial charge in [-0.2, -0.15) is 0 Å². The van der Waals surface area contributed by atoms with Gasteiger partial charge in [0.2, 0.25) is 0 Å². The van der Waals surface area contributed by atoms with Crippen LogP contribution in [0.2, 0.25) is 0 Å². The number of aromatic nitrogens is 3. The van der Waals surface area contributed by atoms with Crippen molar-refractivity contribution in [2.75, 3.05) is 26.8 Å². The highest BCUT2D eigenvalue weighted by Crippen LogP contribution is 2.27. The average molecular weight is 400 g/mol. The third-order valence-electron chi connectivity index (χ3n) is 5.57. The van der Waals surface area contributed by atoms with Crippen molar-refractivity contribution in [1.82, 2.24) is 19.7 Å². The van der Waals surface area contributed by atoms with Crippen LogP contribution in [0.3, 0.4) is 0 Å². The van der Waals surface area contributed by atoms with Crippen LogP contribution in [0.15, 0.2) is 72.9 Å². The van der Waals surface area contributed by atoms with Crippen molar-refractivity contribution in [3.63, 3.8) is 0 Å². The Kier molecular flexibility index (Phi) is 5.17. The SMILES string of the molecule is COc1ccc(CN2CCO[C@@H](c3nnn4cc(-c5ccccc5)ccc34)C2)cc1. The van der Waals surface area contributed by atoms with Crippen molar-refractivity contribution >= 4 is 5.52 Å². The Labute approximate surface area is 175 Å². The van der Waals surface area contributed by atoms with E-state index in [9.17, 15) is 0 Å². The zero-order chi connectivity index (χ0) is 20.3. The minimum atomic E-state index is -0.0860. The first-order valence-corrected chi connectivity index (χ1v) is 10.2. The van der Waals surface area contributed by atoms with E-state index < -0.39 is 0 Å². The Morgan fingerprint density at radius 1 is 1.00 bits per heavy atom. The van der Waals surface area contributed by atoms with Crippen LogP contribution in [0.5, 0.6) is 5.75 Å². The summed E-state index contributed by atoms with van der Waals surface area (Å²) in [4.78, 5) is 2.40. The zero-order valence-corrected chi connectivity index (χ0v) is 16.9. The maximum absolute atomic E-state index is 6.07. The molecule has 0 radical (unpaired) electrons. The second-order valence-electron chi connectivity index (χ2n) is 7.53. The second kappa shape index (κ2) is 8.26. The summed E-state index contributed by atoms with van der Waals surface area (Å²) in [6, 6.07) is 22.7. The lowest BCUT2D eigenvalue weighted by molar-refractivity contribution is -0.0343. The first-order chi connectivity index (χ1) is 14.8. The van der Waals surface area contributed by atoms with Gasteiger partial charge in [-0.3, -0.25) is 4.90 Å². The fourth-order valence-electron chi connectivity index (χ4n) is 3.95. The van der Waals surface area contributed by atoms with Crippen LogP contribution in [-0.4, -0.2) is 46.5 Å². The van der Waals surface area contributed by atoms with Crippen LogP contribution in [0, 0.1) is 0 Å². The molecule has 3 heterocycles. The largest absolute Gasteiger partial charge is 0.497 e. The Hall–Kier alpha value is -3.22. The number of methoxy groups -OCH3 is 1. The van der Waals surface area contributed by atoms with Crippen LogP contribution in [-0.2, 0) is 11.3 Å². The third kappa shape index (κ3) is 3.79. The van der Waals surface area contributed by atoms with E-state index in [1.54, 1.807) is 7.11 Å². The van der Waals surface area contributed by atoms with E-state index in [0.717, 1.165) is 47.7 Å². The fourth-order valence-corrected chi connectivity index (χ4v) is 3.95. The summed E-state index contributed by atoms with van der Waals surface area (Å²) in [7, 11) is 1.69. The van der Waals surface area contributed by atoms with Crippen LogP contribution >= 0.6 is 0 Å². The number of hydrogen-bond donors (Lipinski definition) is 0. The molecular formula is C24H24N4O2. The van der Waals surface area contributed by atoms with Crippen LogP contribution < -0.4 is 4.74 Å². The number of pyridine rings is 1. The molecule has 30 heavy (non-hydrogen) atoms. The van der Waals surface area contributed by atoms with Crippen LogP contribution in [0.4, 0.5) is 0 Å². The van der Waals surface area contributed by atoms with Crippen molar-refractivity contribution in [2.45, 2.75) is 12.6 Å². The molecule has 1 atom stereocenters. The van der Waals surface area contributed by atoms with Gasteiger partial charge in [0.1, 0.15) is 17.5 Å². The van der Waals surface area contributed by atoms with Crippen molar-refractivity contribution in [3.05, 3.63) is 84.2 Å². The molecule has 5 rings (SSSR count). The highest BCUT2D eigenvalue weighted by Gasteiger charge is 2.26. The first kappa shape index (κ1) is 18.8. The van der Waals surface area contributed by atoms with E-state index in [1.165, 1.54) is 5.56 Å². The van der Waals surface area contributed by atoms with E-state index in [0.29, 0.717) is 6.61 Å². The molecule has 1 aliphatic rings.